The molecule has 1 spiro atoms. The van der Waals surface area contributed by atoms with Crippen molar-refractivity contribution >= 4 is 11.8 Å². The zero-order chi connectivity index (χ0) is 17.4. The minimum atomic E-state index is -0.0770. The zero-order valence-electron chi connectivity index (χ0n) is 14.8. The van der Waals surface area contributed by atoms with Gasteiger partial charge in [0.05, 0.1) is 11.8 Å². The Morgan fingerprint density at radius 3 is 2.64 bits per heavy atom. The molecule has 2 N–H and O–H groups in total. The van der Waals surface area contributed by atoms with Gasteiger partial charge in [0.25, 0.3) is 5.91 Å². The minimum absolute atomic E-state index is 0.0770. The Balaban J connectivity index is 1.27. The lowest BCUT2D eigenvalue weighted by molar-refractivity contribution is -0.134. The number of carbonyl (C=O) groups excluding carboxylic acids is 2. The maximum atomic E-state index is 12.8. The number of likely N-dealkylation sites (tertiary alicyclic amines) is 1. The van der Waals surface area contributed by atoms with Crippen LogP contribution in [0.4, 0.5) is 0 Å². The van der Waals surface area contributed by atoms with Crippen LogP contribution in [0.5, 0.6) is 0 Å². The van der Waals surface area contributed by atoms with Gasteiger partial charge in [-0.25, -0.2) is 0 Å². The number of nitrogens with one attached hydrogen (secondary N) is 2. The van der Waals surface area contributed by atoms with Crippen molar-refractivity contribution < 1.29 is 14.0 Å². The van der Waals surface area contributed by atoms with Gasteiger partial charge in [-0.15, -0.1) is 0 Å². The normalized spacial score (nSPS) is 25.8. The number of hydrogen-bond donors (Lipinski definition) is 2. The molecule has 3 heterocycles. The summed E-state index contributed by atoms with van der Waals surface area (Å²) in [4.78, 5) is 27.1. The van der Waals surface area contributed by atoms with E-state index in [-0.39, 0.29) is 17.9 Å². The number of carbonyl (C=O) groups is 2. The molecule has 2 amide bonds. The van der Waals surface area contributed by atoms with E-state index in [0.717, 1.165) is 58.3 Å². The van der Waals surface area contributed by atoms with Crippen molar-refractivity contribution in [2.45, 2.75) is 45.1 Å². The monoisotopic (exact) mass is 345 g/mol. The highest BCUT2D eigenvalue weighted by atomic mass is 16.3. The first-order chi connectivity index (χ1) is 12.1. The quantitative estimate of drug-likeness (QED) is 0.874. The number of piperidine rings is 2. The first-order valence-electron chi connectivity index (χ1n) is 9.43. The summed E-state index contributed by atoms with van der Waals surface area (Å²) >= 11 is 0. The van der Waals surface area contributed by atoms with Gasteiger partial charge in [-0.05, 0) is 63.6 Å². The number of furan rings is 1. The summed E-state index contributed by atoms with van der Waals surface area (Å²) < 4.78 is 5.19. The number of rotatable bonds is 3. The van der Waals surface area contributed by atoms with Gasteiger partial charge in [-0.2, -0.15) is 0 Å². The fourth-order valence-corrected chi connectivity index (χ4v) is 4.52. The molecule has 1 aromatic rings. The first kappa shape index (κ1) is 16.6. The van der Waals surface area contributed by atoms with E-state index in [1.54, 1.807) is 13.0 Å². The number of aryl methyl sites for hydroxylation is 1. The van der Waals surface area contributed by atoms with Crippen LogP contribution in [0.15, 0.2) is 16.7 Å². The van der Waals surface area contributed by atoms with E-state index >= 15 is 0 Å². The predicted molar refractivity (Wildman–Crippen MR) is 93.2 cm³/mol. The molecule has 4 rings (SSSR count). The first-order valence-corrected chi connectivity index (χ1v) is 9.43. The molecule has 136 valence electrons. The van der Waals surface area contributed by atoms with Crippen LogP contribution in [0.2, 0.25) is 0 Å². The van der Waals surface area contributed by atoms with Crippen molar-refractivity contribution in [1.82, 2.24) is 15.5 Å². The third-order valence-corrected chi connectivity index (χ3v) is 6.33. The Morgan fingerprint density at radius 2 is 2.00 bits per heavy atom. The largest absolute Gasteiger partial charge is 0.469 e. The fourth-order valence-electron chi connectivity index (χ4n) is 4.52. The van der Waals surface area contributed by atoms with E-state index in [0.29, 0.717) is 22.6 Å². The molecule has 6 heteroatoms. The minimum Gasteiger partial charge on any atom is -0.469 e. The topological polar surface area (TPSA) is 74.6 Å². The van der Waals surface area contributed by atoms with E-state index in [1.807, 2.05) is 4.90 Å². The molecule has 6 nitrogen and oxygen atoms in total. The van der Waals surface area contributed by atoms with E-state index in [1.165, 1.54) is 6.26 Å². The van der Waals surface area contributed by atoms with Gasteiger partial charge in [-0.3, -0.25) is 9.59 Å². The Labute approximate surface area is 148 Å². The molecular formula is C19H27N3O3. The van der Waals surface area contributed by atoms with E-state index in [4.69, 9.17) is 4.42 Å². The Morgan fingerprint density at radius 1 is 1.28 bits per heavy atom. The summed E-state index contributed by atoms with van der Waals surface area (Å²) in [5, 5.41) is 6.47. The standard InChI is InChI=1S/C19H27N3O3/c1-13-15(4-11-25-13)17(23)21-14-2-9-22(10-3-14)18(24)16-12-19(16)5-7-20-8-6-19/h4,11,14,16,20H,2-3,5-10,12H2,1H3,(H,21,23). The Hall–Kier alpha value is -1.82. The number of amides is 2. The molecule has 25 heavy (non-hydrogen) atoms. The van der Waals surface area contributed by atoms with Crippen molar-refractivity contribution in [3.8, 4) is 0 Å². The van der Waals surface area contributed by atoms with Gasteiger partial charge in [0.15, 0.2) is 0 Å². The van der Waals surface area contributed by atoms with Gasteiger partial charge < -0.3 is 20.0 Å². The maximum absolute atomic E-state index is 12.8. The van der Waals surface area contributed by atoms with Crippen LogP contribution in [0.1, 0.15) is 48.2 Å². The van der Waals surface area contributed by atoms with Crippen LogP contribution in [0, 0.1) is 18.3 Å². The van der Waals surface area contributed by atoms with Crippen LogP contribution in [-0.2, 0) is 4.79 Å². The second-order valence-electron chi connectivity index (χ2n) is 7.83. The average molecular weight is 345 g/mol. The summed E-state index contributed by atoms with van der Waals surface area (Å²) in [6.45, 7) is 5.39. The summed E-state index contributed by atoms with van der Waals surface area (Å²) in [7, 11) is 0. The van der Waals surface area contributed by atoms with Gasteiger partial charge >= 0.3 is 0 Å². The van der Waals surface area contributed by atoms with Crippen molar-refractivity contribution in [3.05, 3.63) is 23.7 Å². The third-order valence-electron chi connectivity index (χ3n) is 6.33. The fraction of sp³-hybridized carbons (Fsp3) is 0.684. The Kier molecular flexibility index (Phi) is 4.31. The highest BCUT2D eigenvalue weighted by Crippen LogP contribution is 2.59. The van der Waals surface area contributed by atoms with Crippen LogP contribution in [0.3, 0.4) is 0 Å². The Bertz CT molecular complexity index is 655. The molecule has 0 radical (unpaired) electrons. The molecule has 2 aliphatic heterocycles. The van der Waals surface area contributed by atoms with Gasteiger partial charge in [0.1, 0.15) is 5.76 Å². The second kappa shape index (κ2) is 6.48. The molecule has 1 saturated carbocycles. The molecule has 1 atom stereocenters. The highest BCUT2D eigenvalue weighted by molar-refractivity contribution is 5.95. The summed E-state index contributed by atoms with van der Waals surface area (Å²) in [6.07, 6.45) is 6.55. The van der Waals surface area contributed by atoms with Crippen molar-refractivity contribution in [2.75, 3.05) is 26.2 Å². The molecule has 0 aromatic carbocycles. The summed E-state index contributed by atoms with van der Waals surface area (Å²) in [5.41, 5.74) is 0.899. The smallest absolute Gasteiger partial charge is 0.255 e. The van der Waals surface area contributed by atoms with E-state index in [2.05, 4.69) is 10.6 Å². The molecule has 3 aliphatic rings. The van der Waals surface area contributed by atoms with Crippen LogP contribution in [-0.4, -0.2) is 48.9 Å². The van der Waals surface area contributed by atoms with Gasteiger partial charge in [0, 0.05) is 25.0 Å². The third kappa shape index (κ3) is 3.19. The number of nitrogens with zero attached hydrogens (tertiary/aromatic N) is 1. The van der Waals surface area contributed by atoms with Crippen LogP contribution >= 0.6 is 0 Å². The van der Waals surface area contributed by atoms with E-state index < -0.39 is 0 Å². The lowest BCUT2D eigenvalue weighted by Gasteiger charge is -2.33. The van der Waals surface area contributed by atoms with Crippen LogP contribution < -0.4 is 10.6 Å². The van der Waals surface area contributed by atoms with Crippen molar-refractivity contribution in [1.29, 1.82) is 0 Å². The van der Waals surface area contributed by atoms with Crippen molar-refractivity contribution in [3.63, 3.8) is 0 Å². The molecular weight excluding hydrogens is 318 g/mol. The molecule has 1 unspecified atom stereocenters. The maximum Gasteiger partial charge on any atom is 0.255 e. The lowest BCUT2D eigenvalue weighted by atomic mass is 9.91. The lowest BCUT2D eigenvalue weighted by Crippen LogP contribution is -2.47. The van der Waals surface area contributed by atoms with Gasteiger partial charge in [-0.1, -0.05) is 0 Å². The zero-order valence-corrected chi connectivity index (χ0v) is 14.8. The molecule has 0 bridgehead atoms. The van der Waals surface area contributed by atoms with Crippen molar-refractivity contribution in [2.24, 2.45) is 11.3 Å². The number of hydrogen-bond acceptors (Lipinski definition) is 4. The summed E-state index contributed by atoms with van der Waals surface area (Å²) in [6, 6.07) is 1.84. The SMILES string of the molecule is Cc1occc1C(=O)NC1CCN(C(=O)C2CC23CCNCC3)CC1. The van der Waals surface area contributed by atoms with Gasteiger partial charge in [0.2, 0.25) is 5.91 Å². The molecule has 1 aromatic heterocycles. The predicted octanol–water partition coefficient (Wildman–Crippen LogP) is 1.70. The molecule has 2 saturated heterocycles. The van der Waals surface area contributed by atoms with E-state index in [9.17, 15) is 9.59 Å². The molecule has 3 fully saturated rings. The summed E-state index contributed by atoms with van der Waals surface area (Å²) in [5.74, 6) is 1.16. The second-order valence-corrected chi connectivity index (χ2v) is 7.83. The van der Waals surface area contributed by atoms with Crippen LogP contribution in [0.25, 0.3) is 0 Å². The molecule has 1 aliphatic carbocycles. The average Bonchev–Trinajstić information content (AvgIpc) is 3.12. The highest BCUT2D eigenvalue weighted by Gasteiger charge is 2.58.